The van der Waals surface area contributed by atoms with Gasteiger partial charge in [0.25, 0.3) is 0 Å². The molecule has 2 nitrogen and oxygen atoms in total. The van der Waals surface area contributed by atoms with Crippen molar-refractivity contribution >= 4 is 11.3 Å². The standard InChI is InChI=1S/C17H28N2S/c1-2-9-18-16-6-4-3-5-14(16)12-19-10-7-17-15(13-19)8-11-20-17/h8,11,14,16,18H,2-7,9-10,12-13H2,1H3. The van der Waals surface area contributed by atoms with Crippen molar-refractivity contribution in [2.45, 2.75) is 58.0 Å². The van der Waals surface area contributed by atoms with Gasteiger partial charge in [0, 0.05) is 30.6 Å². The maximum absolute atomic E-state index is 3.80. The normalized spacial score (nSPS) is 27.4. The van der Waals surface area contributed by atoms with Gasteiger partial charge in [0.1, 0.15) is 0 Å². The van der Waals surface area contributed by atoms with Crippen LogP contribution < -0.4 is 5.32 Å². The Labute approximate surface area is 127 Å². The van der Waals surface area contributed by atoms with Crippen LogP contribution in [0.15, 0.2) is 11.4 Å². The molecule has 1 saturated carbocycles. The molecule has 1 aromatic heterocycles. The lowest BCUT2D eigenvalue weighted by Gasteiger charge is -2.37. The second-order valence-corrected chi connectivity index (χ2v) is 7.46. The quantitative estimate of drug-likeness (QED) is 0.891. The Hall–Kier alpha value is -0.380. The van der Waals surface area contributed by atoms with Gasteiger partial charge < -0.3 is 5.32 Å². The predicted octanol–water partition coefficient (Wildman–Crippen LogP) is 3.66. The van der Waals surface area contributed by atoms with Gasteiger partial charge in [-0.2, -0.15) is 0 Å². The molecule has 1 aromatic rings. The molecule has 0 aromatic carbocycles. The minimum atomic E-state index is 0.771. The number of nitrogens with zero attached hydrogens (tertiary/aromatic N) is 1. The molecule has 0 bridgehead atoms. The molecule has 20 heavy (non-hydrogen) atoms. The number of fused-ring (bicyclic) bond motifs is 1. The molecule has 1 aliphatic carbocycles. The largest absolute Gasteiger partial charge is 0.314 e. The van der Waals surface area contributed by atoms with E-state index in [1.54, 1.807) is 10.4 Å². The summed E-state index contributed by atoms with van der Waals surface area (Å²) in [6.45, 7) is 7.22. The Morgan fingerprint density at radius 1 is 1.35 bits per heavy atom. The number of rotatable bonds is 5. The topological polar surface area (TPSA) is 15.3 Å². The molecule has 0 amide bonds. The molecule has 2 unspecified atom stereocenters. The second kappa shape index (κ2) is 7.06. The lowest BCUT2D eigenvalue weighted by atomic mass is 9.83. The molecule has 2 atom stereocenters. The van der Waals surface area contributed by atoms with E-state index in [0.717, 1.165) is 12.0 Å². The Balaban J connectivity index is 1.56. The highest BCUT2D eigenvalue weighted by molar-refractivity contribution is 7.10. The first-order valence-electron chi connectivity index (χ1n) is 8.38. The molecular weight excluding hydrogens is 264 g/mol. The van der Waals surface area contributed by atoms with E-state index in [1.807, 2.05) is 11.3 Å². The summed E-state index contributed by atoms with van der Waals surface area (Å²) in [6, 6.07) is 3.10. The highest BCUT2D eigenvalue weighted by atomic mass is 32.1. The van der Waals surface area contributed by atoms with E-state index in [4.69, 9.17) is 0 Å². The van der Waals surface area contributed by atoms with Crippen molar-refractivity contribution in [3.8, 4) is 0 Å². The highest BCUT2D eigenvalue weighted by Crippen LogP contribution is 2.29. The Morgan fingerprint density at radius 3 is 3.15 bits per heavy atom. The van der Waals surface area contributed by atoms with Crippen molar-refractivity contribution in [3.63, 3.8) is 0 Å². The molecule has 3 rings (SSSR count). The lowest BCUT2D eigenvalue weighted by molar-refractivity contribution is 0.158. The molecule has 3 heteroatoms. The molecule has 0 radical (unpaired) electrons. The van der Waals surface area contributed by atoms with Crippen LogP contribution in [0.3, 0.4) is 0 Å². The van der Waals surface area contributed by atoms with Gasteiger partial charge in [-0.05, 0) is 55.2 Å². The zero-order valence-corrected chi connectivity index (χ0v) is 13.6. The third kappa shape index (κ3) is 3.44. The minimum absolute atomic E-state index is 0.771. The summed E-state index contributed by atoms with van der Waals surface area (Å²) in [4.78, 5) is 4.33. The Kier molecular flexibility index (Phi) is 5.14. The molecule has 1 N–H and O–H groups in total. The second-order valence-electron chi connectivity index (χ2n) is 6.46. The van der Waals surface area contributed by atoms with Crippen molar-refractivity contribution in [2.75, 3.05) is 19.6 Å². The number of hydrogen-bond donors (Lipinski definition) is 1. The van der Waals surface area contributed by atoms with Crippen molar-refractivity contribution in [1.29, 1.82) is 0 Å². The summed E-state index contributed by atoms with van der Waals surface area (Å²) >= 11 is 1.95. The van der Waals surface area contributed by atoms with E-state index in [1.165, 1.54) is 64.7 Å². The van der Waals surface area contributed by atoms with E-state index >= 15 is 0 Å². The molecule has 0 spiro atoms. The van der Waals surface area contributed by atoms with Crippen LogP contribution in [0.2, 0.25) is 0 Å². The summed E-state index contributed by atoms with van der Waals surface area (Å²) in [5.41, 5.74) is 1.59. The van der Waals surface area contributed by atoms with E-state index in [-0.39, 0.29) is 0 Å². The van der Waals surface area contributed by atoms with Gasteiger partial charge in [0.05, 0.1) is 0 Å². The van der Waals surface area contributed by atoms with E-state index in [9.17, 15) is 0 Å². The predicted molar refractivity (Wildman–Crippen MR) is 87.3 cm³/mol. The lowest BCUT2D eigenvalue weighted by Crippen LogP contribution is -2.45. The summed E-state index contributed by atoms with van der Waals surface area (Å²) in [5.74, 6) is 0.871. The molecule has 1 aliphatic heterocycles. The van der Waals surface area contributed by atoms with Crippen molar-refractivity contribution in [1.82, 2.24) is 10.2 Å². The maximum Gasteiger partial charge on any atom is 0.0245 e. The van der Waals surface area contributed by atoms with Crippen LogP contribution >= 0.6 is 11.3 Å². The average Bonchev–Trinajstić information content (AvgIpc) is 2.94. The third-order valence-electron chi connectivity index (χ3n) is 4.95. The summed E-state index contributed by atoms with van der Waals surface area (Å²) < 4.78 is 0. The SMILES string of the molecule is CCCNC1CCCCC1CN1CCc2sccc2C1. The Morgan fingerprint density at radius 2 is 2.25 bits per heavy atom. The maximum atomic E-state index is 3.80. The van der Waals surface area contributed by atoms with Gasteiger partial charge in [-0.15, -0.1) is 11.3 Å². The van der Waals surface area contributed by atoms with Crippen LogP contribution in [0.1, 0.15) is 49.5 Å². The fourth-order valence-corrected chi connectivity index (χ4v) is 4.71. The summed E-state index contributed by atoms with van der Waals surface area (Å²) in [6.07, 6.45) is 8.20. The van der Waals surface area contributed by atoms with Crippen LogP contribution in [0.5, 0.6) is 0 Å². The van der Waals surface area contributed by atoms with Crippen LogP contribution in [0.4, 0.5) is 0 Å². The highest BCUT2D eigenvalue weighted by Gasteiger charge is 2.27. The van der Waals surface area contributed by atoms with Crippen LogP contribution in [0, 0.1) is 5.92 Å². The van der Waals surface area contributed by atoms with Crippen molar-refractivity contribution in [2.24, 2.45) is 5.92 Å². The first-order chi connectivity index (χ1) is 9.86. The van der Waals surface area contributed by atoms with Crippen molar-refractivity contribution < 1.29 is 0 Å². The van der Waals surface area contributed by atoms with E-state index < -0.39 is 0 Å². The van der Waals surface area contributed by atoms with Gasteiger partial charge in [0.2, 0.25) is 0 Å². The van der Waals surface area contributed by atoms with Crippen molar-refractivity contribution in [3.05, 3.63) is 21.9 Å². The fourth-order valence-electron chi connectivity index (χ4n) is 3.82. The molecule has 2 heterocycles. The molecule has 112 valence electrons. The first kappa shape index (κ1) is 14.6. The van der Waals surface area contributed by atoms with Gasteiger partial charge in [-0.1, -0.05) is 19.8 Å². The molecular formula is C17H28N2S. The Bertz CT molecular complexity index is 415. The smallest absolute Gasteiger partial charge is 0.0245 e. The van der Waals surface area contributed by atoms with Crippen LogP contribution in [-0.2, 0) is 13.0 Å². The fraction of sp³-hybridized carbons (Fsp3) is 0.765. The van der Waals surface area contributed by atoms with Gasteiger partial charge in [0.15, 0.2) is 0 Å². The molecule has 1 fully saturated rings. The zero-order chi connectivity index (χ0) is 13.8. The molecule has 2 aliphatic rings. The number of hydrogen-bond acceptors (Lipinski definition) is 3. The van der Waals surface area contributed by atoms with Gasteiger partial charge in [-0.25, -0.2) is 0 Å². The summed E-state index contributed by atoms with van der Waals surface area (Å²) in [5, 5.41) is 6.06. The van der Waals surface area contributed by atoms with Gasteiger partial charge >= 0.3 is 0 Å². The summed E-state index contributed by atoms with van der Waals surface area (Å²) in [7, 11) is 0. The van der Waals surface area contributed by atoms with Crippen LogP contribution in [0.25, 0.3) is 0 Å². The monoisotopic (exact) mass is 292 g/mol. The minimum Gasteiger partial charge on any atom is -0.314 e. The number of thiophene rings is 1. The van der Waals surface area contributed by atoms with E-state index in [0.29, 0.717) is 0 Å². The first-order valence-corrected chi connectivity index (χ1v) is 9.25. The number of nitrogens with one attached hydrogen (secondary N) is 1. The van der Waals surface area contributed by atoms with Crippen LogP contribution in [-0.4, -0.2) is 30.6 Å². The zero-order valence-electron chi connectivity index (χ0n) is 12.7. The average molecular weight is 292 g/mol. The van der Waals surface area contributed by atoms with E-state index in [2.05, 4.69) is 28.6 Å². The van der Waals surface area contributed by atoms with Gasteiger partial charge in [-0.3, -0.25) is 4.90 Å². The third-order valence-corrected chi connectivity index (χ3v) is 5.97. The molecule has 0 saturated heterocycles.